The summed E-state index contributed by atoms with van der Waals surface area (Å²) >= 11 is 1.68. The molecule has 28 heavy (non-hydrogen) atoms. The molecule has 0 amide bonds. The summed E-state index contributed by atoms with van der Waals surface area (Å²) in [5.41, 5.74) is 2.37. The van der Waals surface area contributed by atoms with Crippen LogP contribution in [-0.4, -0.2) is 38.8 Å². The molecule has 1 aromatic carbocycles. The van der Waals surface area contributed by atoms with Gasteiger partial charge in [-0.1, -0.05) is 26.8 Å². The second-order valence-electron chi connectivity index (χ2n) is 7.17. The van der Waals surface area contributed by atoms with Crippen LogP contribution in [0.15, 0.2) is 28.6 Å². The number of rotatable bonds is 7. The fourth-order valence-corrected chi connectivity index (χ4v) is 3.44. The lowest BCUT2D eigenvalue weighted by Crippen LogP contribution is -2.37. The monoisotopic (exact) mass is 518 g/mol. The third-order valence-electron chi connectivity index (χ3n) is 4.10. The van der Waals surface area contributed by atoms with E-state index in [1.165, 1.54) is 5.56 Å². The molecule has 2 N–H and O–H groups in total. The zero-order chi connectivity index (χ0) is 19.9. The average Bonchev–Trinajstić information content (AvgIpc) is 3.13. The maximum Gasteiger partial charge on any atom is 0.191 e. The Kier molecular flexibility index (Phi) is 10.0. The van der Waals surface area contributed by atoms with Gasteiger partial charge in [0.15, 0.2) is 17.5 Å². The van der Waals surface area contributed by atoms with Crippen molar-refractivity contribution >= 4 is 41.3 Å². The molecular weight excluding hydrogens is 487 g/mol. The number of thiazole rings is 1. The zero-order valence-electron chi connectivity index (χ0n) is 17.5. The van der Waals surface area contributed by atoms with Gasteiger partial charge in [-0.2, -0.15) is 0 Å². The molecule has 6 nitrogen and oxygen atoms in total. The first-order valence-corrected chi connectivity index (χ1v) is 9.85. The van der Waals surface area contributed by atoms with Gasteiger partial charge >= 0.3 is 0 Å². The minimum atomic E-state index is 0. The first-order valence-electron chi connectivity index (χ1n) is 8.97. The summed E-state index contributed by atoms with van der Waals surface area (Å²) in [6.07, 6.45) is 0.854. The van der Waals surface area contributed by atoms with Crippen molar-refractivity contribution in [1.29, 1.82) is 0 Å². The van der Waals surface area contributed by atoms with Crippen molar-refractivity contribution in [3.63, 3.8) is 0 Å². The number of benzene rings is 1. The molecule has 156 valence electrons. The van der Waals surface area contributed by atoms with Crippen LogP contribution in [0.5, 0.6) is 11.5 Å². The summed E-state index contributed by atoms with van der Waals surface area (Å²) in [6, 6.07) is 5.97. The highest BCUT2D eigenvalue weighted by molar-refractivity contribution is 14.0. The first-order chi connectivity index (χ1) is 12.9. The quantitative estimate of drug-likeness (QED) is 0.330. The Bertz CT molecular complexity index is 772. The summed E-state index contributed by atoms with van der Waals surface area (Å²) in [6.45, 7) is 7.95. The highest BCUT2D eigenvalue weighted by Crippen LogP contribution is 2.27. The predicted molar refractivity (Wildman–Crippen MR) is 128 cm³/mol. The molecule has 8 heteroatoms. The molecule has 0 radical (unpaired) electrons. The van der Waals surface area contributed by atoms with Gasteiger partial charge in [0, 0.05) is 24.4 Å². The summed E-state index contributed by atoms with van der Waals surface area (Å²) in [5.74, 6) is 2.25. The van der Waals surface area contributed by atoms with Crippen LogP contribution in [0.2, 0.25) is 0 Å². The number of hydrogen-bond acceptors (Lipinski definition) is 5. The van der Waals surface area contributed by atoms with Crippen LogP contribution in [0.4, 0.5) is 0 Å². The maximum absolute atomic E-state index is 5.35. The lowest BCUT2D eigenvalue weighted by atomic mass is 9.93. The molecule has 0 aliphatic rings. The number of aliphatic imine (C=N–C) groups is 1. The van der Waals surface area contributed by atoms with E-state index in [-0.39, 0.29) is 29.4 Å². The molecule has 0 atom stereocenters. The topological polar surface area (TPSA) is 67.8 Å². The average molecular weight is 518 g/mol. The molecule has 2 aromatic rings. The predicted octanol–water partition coefficient (Wildman–Crippen LogP) is 3.98. The summed E-state index contributed by atoms with van der Waals surface area (Å²) < 4.78 is 10.6. The van der Waals surface area contributed by atoms with Gasteiger partial charge in [0.05, 0.1) is 26.5 Å². The lowest BCUT2D eigenvalue weighted by molar-refractivity contribution is 0.354. The van der Waals surface area contributed by atoms with Crippen LogP contribution < -0.4 is 20.1 Å². The van der Waals surface area contributed by atoms with Crippen molar-refractivity contribution < 1.29 is 9.47 Å². The van der Waals surface area contributed by atoms with E-state index < -0.39 is 0 Å². The summed E-state index contributed by atoms with van der Waals surface area (Å²) in [7, 11) is 5.06. The van der Waals surface area contributed by atoms with Crippen LogP contribution in [0.3, 0.4) is 0 Å². The van der Waals surface area contributed by atoms with E-state index >= 15 is 0 Å². The van der Waals surface area contributed by atoms with Gasteiger partial charge in [0.2, 0.25) is 0 Å². The van der Waals surface area contributed by atoms with Crippen LogP contribution in [0.1, 0.15) is 37.0 Å². The number of hydrogen-bond donors (Lipinski definition) is 2. The number of nitrogens with zero attached hydrogens (tertiary/aromatic N) is 2. The van der Waals surface area contributed by atoms with E-state index in [2.05, 4.69) is 41.8 Å². The van der Waals surface area contributed by atoms with Crippen LogP contribution >= 0.6 is 35.3 Å². The van der Waals surface area contributed by atoms with E-state index in [9.17, 15) is 0 Å². The third-order valence-corrected chi connectivity index (χ3v) is 4.95. The highest BCUT2D eigenvalue weighted by atomic mass is 127. The maximum atomic E-state index is 5.35. The van der Waals surface area contributed by atoms with Gasteiger partial charge in [0.1, 0.15) is 5.01 Å². The molecule has 2 rings (SSSR count). The number of aromatic nitrogens is 1. The molecule has 0 saturated heterocycles. The van der Waals surface area contributed by atoms with Crippen molar-refractivity contribution in [2.75, 3.05) is 27.8 Å². The van der Waals surface area contributed by atoms with Gasteiger partial charge in [-0.05, 0) is 24.1 Å². The Labute approximate surface area is 189 Å². The standard InChI is InChI=1S/C20H30N4O2S.HI/c1-20(2,3)17-13-27-18(24-17)12-23-19(21-4)22-10-9-14-7-8-15(25-5)16(11-14)26-6;/h7-8,11,13H,9-10,12H2,1-6H3,(H2,21,22,23);1H. The Morgan fingerprint density at radius 1 is 1.14 bits per heavy atom. The fraction of sp³-hybridized carbons (Fsp3) is 0.500. The minimum Gasteiger partial charge on any atom is -0.493 e. The van der Waals surface area contributed by atoms with Crippen molar-refractivity contribution in [3.05, 3.63) is 39.8 Å². The molecule has 0 saturated carbocycles. The van der Waals surface area contributed by atoms with Gasteiger partial charge in [-0.15, -0.1) is 35.3 Å². The molecule has 1 aromatic heterocycles. The number of nitrogens with one attached hydrogen (secondary N) is 2. The van der Waals surface area contributed by atoms with Crippen LogP contribution in [0, 0.1) is 0 Å². The van der Waals surface area contributed by atoms with E-state index in [0.717, 1.165) is 41.1 Å². The molecule has 0 unspecified atom stereocenters. The second kappa shape index (κ2) is 11.5. The van der Waals surface area contributed by atoms with Crippen molar-refractivity contribution in [2.45, 2.75) is 39.2 Å². The molecule has 0 aliphatic heterocycles. The van der Waals surface area contributed by atoms with Gasteiger partial charge < -0.3 is 20.1 Å². The highest BCUT2D eigenvalue weighted by Gasteiger charge is 2.17. The van der Waals surface area contributed by atoms with Crippen LogP contribution in [0.25, 0.3) is 0 Å². The molecule has 0 spiro atoms. The summed E-state index contributed by atoms with van der Waals surface area (Å²) in [4.78, 5) is 8.98. The molecule has 0 fully saturated rings. The minimum absolute atomic E-state index is 0. The number of methoxy groups -OCH3 is 2. The number of guanidine groups is 1. The Morgan fingerprint density at radius 2 is 1.86 bits per heavy atom. The Hall–Kier alpha value is -1.55. The number of halogens is 1. The zero-order valence-corrected chi connectivity index (χ0v) is 20.6. The van der Waals surface area contributed by atoms with E-state index in [4.69, 9.17) is 14.5 Å². The van der Waals surface area contributed by atoms with Gasteiger partial charge in [-0.25, -0.2) is 4.98 Å². The van der Waals surface area contributed by atoms with E-state index in [0.29, 0.717) is 6.54 Å². The second-order valence-corrected chi connectivity index (χ2v) is 8.11. The first kappa shape index (κ1) is 24.5. The third kappa shape index (κ3) is 7.12. The fourth-order valence-electron chi connectivity index (χ4n) is 2.48. The van der Waals surface area contributed by atoms with Gasteiger partial charge in [-0.3, -0.25) is 4.99 Å². The molecule has 1 heterocycles. The Morgan fingerprint density at radius 3 is 2.43 bits per heavy atom. The SMILES string of the molecule is CN=C(NCCc1ccc(OC)c(OC)c1)NCc1nc(C(C)(C)C)cs1.I. The Balaban J connectivity index is 0.00000392. The van der Waals surface area contributed by atoms with E-state index in [1.54, 1.807) is 32.6 Å². The molecule has 0 bridgehead atoms. The molecular formula is C20H31IN4O2S. The van der Waals surface area contributed by atoms with Crippen molar-refractivity contribution in [2.24, 2.45) is 4.99 Å². The normalized spacial score (nSPS) is 11.6. The summed E-state index contributed by atoms with van der Waals surface area (Å²) in [5, 5.41) is 9.84. The van der Waals surface area contributed by atoms with E-state index in [1.807, 2.05) is 18.2 Å². The smallest absolute Gasteiger partial charge is 0.191 e. The largest absolute Gasteiger partial charge is 0.493 e. The van der Waals surface area contributed by atoms with Crippen molar-refractivity contribution in [1.82, 2.24) is 15.6 Å². The van der Waals surface area contributed by atoms with Crippen LogP contribution in [-0.2, 0) is 18.4 Å². The van der Waals surface area contributed by atoms with Gasteiger partial charge in [0.25, 0.3) is 0 Å². The number of ether oxygens (including phenoxy) is 2. The molecule has 0 aliphatic carbocycles. The van der Waals surface area contributed by atoms with Crippen molar-refractivity contribution in [3.8, 4) is 11.5 Å². The lowest BCUT2D eigenvalue weighted by Gasteiger charge is -2.14.